The summed E-state index contributed by atoms with van der Waals surface area (Å²) in [5, 5.41) is 3.47. The van der Waals surface area contributed by atoms with Crippen LogP contribution >= 0.6 is 0 Å². The number of nitrogens with zero attached hydrogens (tertiary/aromatic N) is 2. The zero-order chi connectivity index (χ0) is 13.2. The molecule has 1 aromatic rings. The van der Waals surface area contributed by atoms with E-state index >= 15 is 0 Å². The van der Waals surface area contributed by atoms with Crippen molar-refractivity contribution in [3.8, 4) is 0 Å². The van der Waals surface area contributed by atoms with Gasteiger partial charge in [-0.15, -0.1) is 0 Å². The molecule has 0 aromatic carbocycles. The zero-order valence-corrected chi connectivity index (χ0v) is 12.1. The number of fused-ring (bicyclic) bond motifs is 1. The van der Waals surface area contributed by atoms with Crippen LogP contribution in [0.3, 0.4) is 0 Å². The van der Waals surface area contributed by atoms with Crippen LogP contribution < -0.4 is 10.2 Å². The summed E-state index contributed by atoms with van der Waals surface area (Å²) in [7, 11) is 0. The van der Waals surface area contributed by atoms with Crippen molar-refractivity contribution >= 4 is 5.82 Å². The van der Waals surface area contributed by atoms with Gasteiger partial charge in [-0.05, 0) is 42.4 Å². The van der Waals surface area contributed by atoms with Gasteiger partial charge in [0.2, 0.25) is 0 Å². The van der Waals surface area contributed by atoms with Gasteiger partial charge < -0.3 is 10.2 Å². The van der Waals surface area contributed by atoms with E-state index in [1.807, 2.05) is 6.20 Å². The first-order chi connectivity index (χ1) is 9.22. The SMILES string of the molecule is CC(C)NCc1ccnc(N2CC3CCCC3C2)c1. The molecule has 1 aliphatic carbocycles. The Bertz CT molecular complexity index is 418. The lowest BCUT2D eigenvalue weighted by Gasteiger charge is -2.19. The summed E-state index contributed by atoms with van der Waals surface area (Å²) in [4.78, 5) is 7.07. The fourth-order valence-corrected chi connectivity index (χ4v) is 3.49. The molecule has 2 unspecified atom stereocenters. The van der Waals surface area contributed by atoms with E-state index in [4.69, 9.17) is 0 Å². The van der Waals surface area contributed by atoms with Gasteiger partial charge in [0.25, 0.3) is 0 Å². The van der Waals surface area contributed by atoms with Gasteiger partial charge in [-0.3, -0.25) is 0 Å². The van der Waals surface area contributed by atoms with Gasteiger partial charge in [-0.2, -0.15) is 0 Å². The van der Waals surface area contributed by atoms with Gasteiger partial charge in [-0.1, -0.05) is 20.3 Å². The molecular formula is C16H25N3. The number of anilines is 1. The third-order valence-corrected chi connectivity index (χ3v) is 4.57. The second kappa shape index (κ2) is 5.49. The second-order valence-corrected chi connectivity index (χ2v) is 6.41. The molecule has 3 heteroatoms. The number of hydrogen-bond donors (Lipinski definition) is 1. The molecule has 0 radical (unpaired) electrons. The third-order valence-electron chi connectivity index (χ3n) is 4.57. The number of aromatic nitrogens is 1. The lowest BCUT2D eigenvalue weighted by atomic mass is 10.0. The van der Waals surface area contributed by atoms with E-state index in [-0.39, 0.29) is 0 Å². The molecule has 0 amide bonds. The molecule has 0 spiro atoms. The highest BCUT2D eigenvalue weighted by Crippen LogP contribution is 2.39. The number of rotatable bonds is 4. The van der Waals surface area contributed by atoms with Gasteiger partial charge in [-0.25, -0.2) is 4.98 Å². The molecule has 2 fully saturated rings. The minimum atomic E-state index is 0.530. The van der Waals surface area contributed by atoms with Crippen molar-refractivity contribution in [2.24, 2.45) is 11.8 Å². The number of pyridine rings is 1. The van der Waals surface area contributed by atoms with Crippen LogP contribution in [0.2, 0.25) is 0 Å². The molecule has 2 aliphatic rings. The van der Waals surface area contributed by atoms with E-state index in [1.54, 1.807) is 0 Å². The molecule has 2 heterocycles. The summed E-state index contributed by atoms with van der Waals surface area (Å²) < 4.78 is 0. The fraction of sp³-hybridized carbons (Fsp3) is 0.688. The predicted molar refractivity (Wildman–Crippen MR) is 79.3 cm³/mol. The summed E-state index contributed by atoms with van der Waals surface area (Å²) in [6.45, 7) is 7.75. The first kappa shape index (κ1) is 12.9. The van der Waals surface area contributed by atoms with E-state index in [2.05, 4.69) is 41.2 Å². The lowest BCUT2D eigenvalue weighted by Crippen LogP contribution is -2.24. The lowest BCUT2D eigenvalue weighted by molar-refractivity contribution is 0.494. The van der Waals surface area contributed by atoms with Crippen molar-refractivity contribution in [3.05, 3.63) is 23.9 Å². The highest BCUT2D eigenvalue weighted by atomic mass is 15.2. The van der Waals surface area contributed by atoms with Crippen molar-refractivity contribution < 1.29 is 0 Å². The van der Waals surface area contributed by atoms with Crippen LogP contribution in [0.1, 0.15) is 38.7 Å². The smallest absolute Gasteiger partial charge is 0.128 e. The molecule has 0 bridgehead atoms. The monoisotopic (exact) mass is 259 g/mol. The Balaban J connectivity index is 1.66. The van der Waals surface area contributed by atoms with Crippen molar-refractivity contribution in [3.63, 3.8) is 0 Å². The highest BCUT2D eigenvalue weighted by Gasteiger charge is 2.36. The molecule has 1 saturated carbocycles. The standard InChI is InChI=1S/C16H25N3/c1-12(2)18-9-13-6-7-17-16(8-13)19-10-14-4-3-5-15(14)11-19/h6-8,12,14-15,18H,3-5,9-11H2,1-2H3. The third kappa shape index (κ3) is 2.92. The maximum absolute atomic E-state index is 4.57. The molecule has 3 rings (SSSR count). The summed E-state index contributed by atoms with van der Waals surface area (Å²) in [5.74, 6) is 3.04. The zero-order valence-electron chi connectivity index (χ0n) is 12.1. The van der Waals surface area contributed by atoms with Crippen LogP contribution in [-0.4, -0.2) is 24.1 Å². The Morgan fingerprint density at radius 1 is 1.32 bits per heavy atom. The van der Waals surface area contributed by atoms with Crippen LogP contribution in [0.25, 0.3) is 0 Å². The van der Waals surface area contributed by atoms with E-state index in [0.717, 1.165) is 18.4 Å². The Morgan fingerprint density at radius 2 is 2.05 bits per heavy atom. The summed E-state index contributed by atoms with van der Waals surface area (Å²) >= 11 is 0. The maximum atomic E-state index is 4.57. The van der Waals surface area contributed by atoms with Gasteiger partial charge in [0.15, 0.2) is 0 Å². The summed E-state index contributed by atoms with van der Waals surface area (Å²) in [5.41, 5.74) is 1.34. The average Bonchev–Trinajstić information content (AvgIpc) is 2.97. The quantitative estimate of drug-likeness (QED) is 0.901. The predicted octanol–water partition coefficient (Wildman–Crippen LogP) is 2.82. The van der Waals surface area contributed by atoms with E-state index in [9.17, 15) is 0 Å². The molecule has 19 heavy (non-hydrogen) atoms. The van der Waals surface area contributed by atoms with Gasteiger partial charge in [0, 0.05) is 31.9 Å². The molecule has 1 saturated heterocycles. The Morgan fingerprint density at radius 3 is 2.74 bits per heavy atom. The Kier molecular flexibility index (Phi) is 3.74. The van der Waals surface area contributed by atoms with Crippen LogP contribution in [0, 0.1) is 11.8 Å². The van der Waals surface area contributed by atoms with E-state index in [1.165, 1.54) is 43.7 Å². The second-order valence-electron chi connectivity index (χ2n) is 6.41. The largest absolute Gasteiger partial charge is 0.356 e. The molecule has 104 valence electrons. The number of hydrogen-bond acceptors (Lipinski definition) is 3. The fourth-order valence-electron chi connectivity index (χ4n) is 3.49. The van der Waals surface area contributed by atoms with E-state index in [0.29, 0.717) is 6.04 Å². The van der Waals surface area contributed by atoms with Gasteiger partial charge in [0.05, 0.1) is 0 Å². The highest BCUT2D eigenvalue weighted by molar-refractivity contribution is 5.42. The Labute approximate surface area is 116 Å². The van der Waals surface area contributed by atoms with Crippen LogP contribution in [-0.2, 0) is 6.54 Å². The normalized spacial score (nSPS) is 26.2. The molecule has 2 atom stereocenters. The Hall–Kier alpha value is -1.09. The minimum absolute atomic E-state index is 0.530. The van der Waals surface area contributed by atoms with Crippen LogP contribution in [0.4, 0.5) is 5.82 Å². The van der Waals surface area contributed by atoms with E-state index < -0.39 is 0 Å². The molecule has 1 aliphatic heterocycles. The van der Waals surface area contributed by atoms with Crippen LogP contribution in [0.15, 0.2) is 18.3 Å². The van der Waals surface area contributed by atoms with Crippen molar-refractivity contribution in [2.75, 3.05) is 18.0 Å². The summed E-state index contributed by atoms with van der Waals surface area (Å²) in [6.07, 6.45) is 6.25. The molecule has 3 nitrogen and oxygen atoms in total. The first-order valence-corrected chi connectivity index (χ1v) is 7.65. The van der Waals surface area contributed by atoms with Crippen molar-refractivity contribution in [2.45, 2.75) is 45.7 Å². The average molecular weight is 259 g/mol. The molecule has 1 aromatic heterocycles. The van der Waals surface area contributed by atoms with Gasteiger partial charge in [0.1, 0.15) is 5.82 Å². The maximum Gasteiger partial charge on any atom is 0.128 e. The molecular weight excluding hydrogens is 234 g/mol. The van der Waals surface area contributed by atoms with Crippen molar-refractivity contribution in [1.29, 1.82) is 0 Å². The van der Waals surface area contributed by atoms with Crippen molar-refractivity contribution in [1.82, 2.24) is 10.3 Å². The summed E-state index contributed by atoms with van der Waals surface area (Å²) in [6, 6.07) is 4.91. The topological polar surface area (TPSA) is 28.2 Å². The van der Waals surface area contributed by atoms with Crippen LogP contribution in [0.5, 0.6) is 0 Å². The first-order valence-electron chi connectivity index (χ1n) is 7.65. The number of nitrogens with one attached hydrogen (secondary N) is 1. The van der Waals surface area contributed by atoms with Gasteiger partial charge >= 0.3 is 0 Å². The molecule has 1 N–H and O–H groups in total. The minimum Gasteiger partial charge on any atom is -0.356 e.